The van der Waals surface area contributed by atoms with Gasteiger partial charge in [0.05, 0.1) is 12.1 Å². The van der Waals surface area contributed by atoms with E-state index in [2.05, 4.69) is 48.1 Å². The molecule has 0 spiro atoms. The van der Waals surface area contributed by atoms with Gasteiger partial charge in [0.2, 0.25) is 5.91 Å². The van der Waals surface area contributed by atoms with Crippen molar-refractivity contribution in [2.24, 2.45) is 0 Å². The predicted molar refractivity (Wildman–Crippen MR) is 130 cm³/mol. The number of carbonyl (C=O) groups is 2. The molecule has 32 heavy (non-hydrogen) atoms. The van der Waals surface area contributed by atoms with Crippen molar-refractivity contribution in [3.05, 3.63) is 65.0 Å². The molecule has 0 saturated carbocycles. The molecule has 0 atom stereocenters. The number of halogens is 1. The summed E-state index contributed by atoms with van der Waals surface area (Å²) >= 11 is 1.80. The summed E-state index contributed by atoms with van der Waals surface area (Å²) in [5.74, 6) is -0.274. The Kier molecular flexibility index (Phi) is 8.18. The van der Waals surface area contributed by atoms with E-state index in [0.29, 0.717) is 19.5 Å². The van der Waals surface area contributed by atoms with Crippen LogP contribution in [0.2, 0.25) is 0 Å². The fourth-order valence-corrected chi connectivity index (χ4v) is 4.43. The van der Waals surface area contributed by atoms with E-state index >= 15 is 0 Å². The van der Waals surface area contributed by atoms with E-state index in [1.54, 1.807) is 28.8 Å². The monoisotopic (exact) mass is 457 g/mol. The maximum Gasteiger partial charge on any atom is 0.254 e. The minimum atomic E-state index is -0.576. The molecule has 1 aliphatic rings. The van der Waals surface area contributed by atoms with E-state index in [0.717, 1.165) is 29.8 Å². The fourth-order valence-electron chi connectivity index (χ4n) is 3.90. The van der Waals surface area contributed by atoms with Gasteiger partial charge in [0.25, 0.3) is 5.91 Å². The lowest BCUT2D eigenvalue weighted by atomic mass is 9.89. The molecular formula is C25H32FN3O2S. The first-order chi connectivity index (χ1) is 15.3. The molecule has 1 aliphatic heterocycles. The first-order valence-electron chi connectivity index (χ1n) is 11.0. The topological polar surface area (TPSA) is 61.4 Å². The van der Waals surface area contributed by atoms with Crippen molar-refractivity contribution in [1.29, 1.82) is 0 Å². The Labute approximate surface area is 194 Å². The van der Waals surface area contributed by atoms with Crippen molar-refractivity contribution in [3.8, 4) is 0 Å². The Hall–Kier alpha value is -2.54. The molecule has 172 valence electrons. The Balaban J connectivity index is 1.49. The van der Waals surface area contributed by atoms with Crippen molar-refractivity contribution in [2.75, 3.05) is 31.2 Å². The summed E-state index contributed by atoms with van der Waals surface area (Å²) in [4.78, 5) is 26.7. The number of likely N-dealkylation sites (tertiary alicyclic amines) is 1. The number of hydrogen-bond acceptors (Lipinski definition) is 4. The maximum absolute atomic E-state index is 14.0. The van der Waals surface area contributed by atoms with Crippen LogP contribution in [0.5, 0.6) is 0 Å². The highest BCUT2D eigenvalue weighted by Crippen LogP contribution is 2.27. The van der Waals surface area contributed by atoms with E-state index < -0.39 is 11.7 Å². The fraction of sp³-hybridized carbons (Fsp3) is 0.440. The number of anilines is 1. The highest BCUT2D eigenvalue weighted by Gasteiger charge is 2.31. The van der Waals surface area contributed by atoms with Gasteiger partial charge >= 0.3 is 0 Å². The number of nitrogens with zero attached hydrogens (tertiary/aromatic N) is 1. The van der Waals surface area contributed by atoms with Crippen molar-refractivity contribution >= 4 is 29.3 Å². The van der Waals surface area contributed by atoms with E-state index in [1.807, 2.05) is 6.92 Å². The smallest absolute Gasteiger partial charge is 0.254 e. The summed E-state index contributed by atoms with van der Waals surface area (Å²) in [5.41, 5.74) is 3.16. The average molecular weight is 458 g/mol. The Morgan fingerprint density at radius 1 is 1.09 bits per heavy atom. The Bertz CT molecular complexity index is 941. The van der Waals surface area contributed by atoms with Gasteiger partial charge in [0.1, 0.15) is 5.82 Å². The van der Waals surface area contributed by atoms with Crippen LogP contribution < -0.4 is 10.6 Å². The number of hydrogen-bond donors (Lipinski definition) is 2. The predicted octanol–water partition coefficient (Wildman–Crippen LogP) is 4.47. The van der Waals surface area contributed by atoms with Gasteiger partial charge < -0.3 is 15.5 Å². The lowest BCUT2D eigenvalue weighted by Gasteiger charge is -2.40. The summed E-state index contributed by atoms with van der Waals surface area (Å²) in [6, 6.07) is 13.0. The minimum Gasteiger partial charge on any atom is -0.380 e. The number of amides is 2. The lowest BCUT2D eigenvalue weighted by Crippen LogP contribution is -2.51. The molecule has 3 rings (SSSR count). The van der Waals surface area contributed by atoms with Crippen molar-refractivity contribution < 1.29 is 14.0 Å². The molecule has 0 aliphatic carbocycles. The van der Waals surface area contributed by atoms with E-state index in [4.69, 9.17) is 0 Å². The molecule has 0 unspecified atom stereocenters. The number of thioether (sulfide) groups is 1. The molecule has 1 fully saturated rings. The molecule has 2 N–H and O–H groups in total. The number of piperidine rings is 1. The van der Waals surface area contributed by atoms with Gasteiger partial charge in [-0.3, -0.25) is 9.59 Å². The SMILES string of the molecule is CCc1ccc(F)c(C(=O)NCC(=O)N2CCC(C)(Nc3ccc(CSC)cc3)CC2)c1. The molecule has 1 heterocycles. The third kappa shape index (κ3) is 6.25. The molecule has 2 aromatic carbocycles. The van der Waals surface area contributed by atoms with Crippen LogP contribution in [-0.4, -0.2) is 48.1 Å². The molecule has 5 nitrogen and oxygen atoms in total. The highest BCUT2D eigenvalue weighted by molar-refractivity contribution is 7.97. The lowest BCUT2D eigenvalue weighted by molar-refractivity contribution is -0.131. The van der Waals surface area contributed by atoms with Crippen LogP contribution >= 0.6 is 11.8 Å². The van der Waals surface area contributed by atoms with E-state index in [1.165, 1.54) is 11.6 Å². The van der Waals surface area contributed by atoms with Crippen LogP contribution in [-0.2, 0) is 17.0 Å². The summed E-state index contributed by atoms with van der Waals surface area (Å²) < 4.78 is 14.0. The van der Waals surface area contributed by atoms with Crippen molar-refractivity contribution in [1.82, 2.24) is 10.2 Å². The largest absolute Gasteiger partial charge is 0.380 e. The van der Waals surface area contributed by atoms with Gasteiger partial charge in [-0.1, -0.05) is 25.1 Å². The normalized spacial score (nSPS) is 15.3. The van der Waals surface area contributed by atoms with Gasteiger partial charge in [0, 0.05) is 30.1 Å². The van der Waals surface area contributed by atoms with E-state index in [-0.39, 0.29) is 23.6 Å². The molecule has 0 aromatic heterocycles. The van der Waals surface area contributed by atoms with E-state index in [9.17, 15) is 14.0 Å². The number of benzene rings is 2. The van der Waals surface area contributed by atoms with Gasteiger partial charge in [0.15, 0.2) is 0 Å². The molecule has 0 bridgehead atoms. The number of carbonyl (C=O) groups excluding carboxylic acids is 2. The van der Waals surface area contributed by atoms with Gasteiger partial charge in [-0.05, 0) is 67.8 Å². The zero-order chi connectivity index (χ0) is 23.1. The van der Waals surface area contributed by atoms with Gasteiger partial charge in [-0.15, -0.1) is 0 Å². The molecule has 7 heteroatoms. The summed E-state index contributed by atoms with van der Waals surface area (Å²) in [6.07, 6.45) is 4.43. The Morgan fingerprint density at radius 3 is 2.38 bits per heavy atom. The third-order valence-corrected chi connectivity index (χ3v) is 6.64. The van der Waals surface area contributed by atoms with Crippen LogP contribution in [0.25, 0.3) is 0 Å². The molecule has 1 saturated heterocycles. The highest BCUT2D eigenvalue weighted by atomic mass is 32.2. The second-order valence-electron chi connectivity index (χ2n) is 8.55. The number of nitrogens with one attached hydrogen (secondary N) is 2. The standard InChI is InChI=1S/C25H32FN3O2S/c1-4-18-7-10-22(26)21(15-18)24(31)27-16-23(30)29-13-11-25(2,12-14-29)28-20-8-5-19(6-9-20)17-32-3/h5-10,15,28H,4,11-14,16-17H2,1-3H3,(H,27,31). The second-order valence-corrected chi connectivity index (χ2v) is 9.41. The molecular weight excluding hydrogens is 425 g/mol. The Morgan fingerprint density at radius 2 is 1.75 bits per heavy atom. The minimum absolute atomic E-state index is 0.0175. The van der Waals surface area contributed by atoms with Crippen LogP contribution in [0, 0.1) is 5.82 Å². The van der Waals surface area contributed by atoms with Crippen LogP contribution in [0.1, 0.15) is 48.2 Å². The van der Waals surface area contributed by atoms with Crippen LogP contribution in [0.3, 0.4) is 0 Å². The van der Waals surface area contributed by atoms with Crippen LogP contribution in [0.4, 0.5) is 10.1 Å². The quantitative estimate of drug-likeness (QED) is 0.614. The first-order valence-corrected chi connectivity index (χ1v) is 12.4. The second kappa shape index (κ2) is 10.9. The maximum atomic E-state index is 14.0. The summed E-state index contributed by atoms with van der Waals surface area (Å²) in [6.45, 7) is 5.22. The summed E-state index contributed by atoms with van der Waals surface area (Å²) in [7, 11) is 0. The average Bonchev–Trinajstić information content (AvgIpc) is 2.79. The van der Waals surface area contributed by atoms with Crippen LogP contribution in [0.15, 0.2) is 42.5 Å². The zero-order valence-electron chi connectivity index (χ0n) is 19.0. The zero-order valence-corrected chi connectivity index (χ0v) is 19.9. The molecule has 0 radical (unpaired) electrons. The number of rotatable bonds is 8. The summed E-state index contributed by atoms with van der Waals surface area (Å²) in [5, 5.41) is 6.20. The van der Waals surface area contributed by atoms with Gasteiger partial charge in [-0.25, -0.2) is 4.39 Å². The van der Waals surface area contributed by atoms with Gasteiger partial charge in [-0.2, -0.15) is 11.8 Å². The third-order valence-electron chi connectivity index (χ3n) is 6.01. The van der Waals surface area contributed by atoms with Crippen molar-refractivity contribution in [2.45, 2.75) is 44.4 Å². The first kappa shape index (κ1) is 24.1. The number of aryl methyl sites for hydroxylation is 1. The van der Waals surface area contributed by atoms with Crippen molar-refractivity contribution in [3.63, 3.8) is 0 Å². The molecule has 2 aromatic rings. The molecule has 2 amide bonds.